The van der Waals surface area contributed by atoms with Crippen LogP contribution in [-0.2, 0) is 6.54 Å². The molecule has 0 bridgehead atoms. The van der Waals surface area contributed by atoms with Crippen molar-refractivity contribution in [2.24, 2.45) is 0 Å². The average molecular weight is 295 g/mol. The van der Waals surface area contributed by atoms with E-state index in [9.17, 15) is 0 Å². The van der Waals surface area contributed by atoms with Crippen LogP contribution in [0.25, 0.3) is 0 Å². The normalized spacial score (nSPS) is 14.2. The van der Waals surface area contributed by atoms with Crippen LogP contribution in [0, 0.1) is 6.92 Å². The molecule has 0 saturated heterocycles. The first-order valence-electron chi connectivity index (χ1n) is 6.79. The summed E-state index contributed by atoms with van der Waals surface area (Å²) >= 11 is 1.48. The molecule has 0 fully saturated rings. The van der Waals surface area contributed by atoms with E-state index in [1.54, 1.807) is 0 Å². The van der Waals surface area contributed by atoms with Crippen LogP contribution < -0.4 is 10.1 Å². The number of hydrogen-bond acceptors (Lipinski definition) is 6. The molecule has 2 heterocycles. The maximum absolute atomic E-state index is 5.32. The first kappa shape index (κ1) is 14.9. The third-order valence-corrected chi connectivity index (χ3v) is 4.00. The van der Waals surface area contributed by atoms with Gasteiger partial charge in [0.2, 0.25) is 0 Å². The first-order valence-corrected chi connectivity index (χ1v) is 7.61. The molecule has 0 radical (unpaired) electrons. The lowest BCUT2D eigenvalue weighted by molar-refractivity contribution is 0.335. The zero-order valence-electron chi connectivity index (χ0n) is 12.3. The Kier molecular flexibility index (Phi) is 5.08. The van der Waals surface area contributed by atoms with Gasteiger partial charge in [0.15, 0.2) is 0 Å². The van der Waals surface area contributed by atoms with Crippen molar-refractivity contribution in [2.45, 2.75) is 46.3 Å². The van der Waals surface area contributed by atoms with E-state index in [1.807, 2.05) is 24.7 Å². The third kappa shape index (κ3) is 3.77. The second-order valence-electron chi connectivity index (χ2n) is 4.80. The highest BCUT2D eigenvalue weighted by Gasteiger charge is 2.15. The Balaban J connectivity index is 1.86. The van der Waals surface area contributed by atoms with Gasteiger partial charge in [-0.1, -0.05) is 11.3 Å². The Labute approximate surface area is 123 Å². The van der Waals surface area contributed by atoms with Crippen LogP contribution in [0.5, 0.6) is 5.19 Å². The van der Waals surface area contributed by atoms with Crippen LogP contribution >= 0.6 is 11.3 Å². The van der Waals surface area contributed by atoms with Gasteiger partial charge in [0.05, 0.1) is 25.4 Å². The summed E-state index contributed by atoms with van der Waals surface area (Å²) in [5, 5.41) is 17.5. The van der Waals surface area contributed by atoms with E-state index in [0.29, 0.717) is 18.3 Å². The van der Waals surface area contributed by atoms with Gasteiger partial charge in [-0.2, -0.15) is 5.10 Å². The molecule has 2 aromatic heterocycles. The fraction of sp³-hybridized carbons (Fsp3) is 0.615. The lowest BCUT2D eigenvalue weighted by Crippen LogP contribution is -2.33. The summed E-state index contributed by atoms with van der Waals surface area (Å²) in [7, 11) is 0. The molecule has 20 heavy (non-hydrogen) atoms. The third-order valence-electron chi connectivity index (χ3n) is 3.16. The summed E-state index contributed by atoms with van der Waals surface area (Å²) in [5.74, 6) is 0. The summed E-state index contributed by atoms with van der Waals surface area (Å²) in [5.41, 5.74) is 1.18. The van der Waals surface area contributed by atoms with Crippen molar-refractivity contribution < 1.29 is 4.74 Å². The van der Waals surface area contributed by atoms with Crippen molar-refractivity contribution >= 4 is 11.3 Å². The topological polar surface area (TPSA) is 64.9 Å². The predicted octanol–water partition coefficient (Wildman–Crippen LogP) is 2.18. The lowest BCUT2D eigenvalue weighted by atomic mass is 10.2. The molecule has 2 aromatic rings. The van der Waals surface area contributed by atoms with Crippen LogP contribution in [0.3, 0.4) is 0 Å². The Bertz CT molecular complexity index is 538. The lowest BCUT2D eigenvalue weighted by Gasteiger charge is -2.21. The Hall–Kier alpha value is -1.47. The van der Waals surface area contributed by atoms with E-state index in [2.05, 4.69) is 40.7 Å². The molecule has 2 rings (SSSR count). The van der Waals surface area contributed by atoms with E-state index in [1.165, 1.54) is 16.9 Å². The molecule has 6 nitrogen and oxygen atoms in total. The van der Waals surface area contributed by atoms with Gasteiger partial charge in [-0.05, 0) is 33.3 Å². The Morgan fingerprint density at radius 2 is 2.20 bits per heavy atom. The van der Waals surface area contributed by atoms with Gasteiger partial charge < -0.3 is 10.1 Å². The van der Waals surface area contributed by atoms with Gasteiger partial charge in [0.25, 0.3) is 5.19 Å². The van der Waals surface area contributed by atoms with Crippen molar-refractivity contribution in [3.05, 3.63) is 23.0 Å². The molecular weight excluding hydrogens is 274 g/mol. The Morgan fingerprint density at radius 3 is 2.85 bits per heavy atom. The van der Waals surface area contributed by atoms with Gasteiger partial charge in [0.1, 0.15) is 5.01 Å². The Morgan fingerprint density at radius 1 is 1.40 bits per heavy atom. The predicted molar refractivity (Wildman–Crippen MR) is 79.1 cm³/mol. The number of nitrogens with zero attached hydrogens (tertiary/aromatic N) is 4. The fourth-order valence-corrected chi connectivity index (χ4v) is 2.49. The molecular formula is C13H21N5OS. The minimum absolute atomic E-state index is 0.281. The zero-order valence-corrected chi connectivity index (χ0v) is 13.1. The number of aryl methyl sites for hydroxylation is 1. The largest absolute Gasteiger partial charge is 0.469 e. The highest BCUT2D eigenvalue weighted by molar-refractivity contribution is 7.13. The molecule has 0 unspecified atom stereocenters. The van der Waals surface area contributed by atoms with Crippen LogP contribution in [-0.4, -0.2) is 32.6 Å². The second-order valence-corrected chi connectivity index (χ2v) is 5.83. The molecule has 1 N–H and O–H groups in total. The van der Waals surface area contributed by atoms with Gasteiger partial charge >= 0.3 is 0 Å². The summed E-state index contributed by atoms with van der Waals surface area (Å²) in [4.78, 5) is 0. The molecule has 0 aromatic carbocycles. The summed E-state index contributed by atoms with van der Waals surface area (Å²) < 4.78 is 7.30. The van der Waals surface area contributed by atoms with E-state index in [0.717, 1.165) is 5.01 Å². The van der Waals surface area contributed by atoms with Crippen LogP contribution in [0.2, 0.25) is 0 Å². The number of rotatable bonds is 7. The zero-order chi connectivity index (χ0) is 14.5. The standard InChI is InChI=1S/C13H21N5OS/c1-5-19-13-17-16-12(20-13)7-14-10(3)11(4)18-8-9(2)6-15-18/h6,8,10-11,14H,5,7H2,1-4H3/t10-,11-/m1/s1. The van der Waals surface area contributed by atoms with Crippen LogP contribution in [0.1, 0.15) is 37.4 Å². The number of nitrogens with one attached hydrogen (secondary N) is 1. The number of aromatic nitrogens is 4. The van der Waals surface area contributed by atoms with Gasteiger partial charge in [-0.25, -0.2) is 0 Å². The van der Waals surface area contributed by atoms with E-state index >= 15 is 0 Å². The second kappa shape index (κ2) is 6.81. The molecule has 7 heteroatoms. The molecule has 2 atom stereocenters. The molecule has 0 aliphatic heterocycles. The van der Waals surface area contributed by atoms with Crippen molar-refractivity contribution in [3.63, 3.8) is 0 Å². The summed E-state index contributed by atoms with van der Waals surface area (Å²) in [6.07, 6.45) is 3.93. The minimum atomic E-state index is 0.281. The number of ether oxygens (including phenoxy) is 1. The van der Waals surface area contributed by atoms with Crippen LogP contribution in [0.15, 0.2) is 12.4 Å². The molecule has 110 valence electrons. The van der Waals surface area contributed by atoms with E-state index in [4.69, 9.17) is 4.74 Å². The molecule has 0 saturated carbocycles. The molecule has 0 aliphatic rings. The van der Waals surface area contributed by atoms with Crippen molar-refractivity contribution in [2.75, 3.05) is 6.61 Å². The molecule has 0 spiro atoms. The van der Waals surface area contributed by atoms with Crippen molar-refractivity contribution in [3.8, 4) is 5.19 Å². The highest BCUT2D eigenvalue weighted by Crippen LogP contribution is 2.18. The summed E-state index contributed by atoms with van der Waals surface area (Å²) in [6, 6.07) is 0.566. The summed E-state index contributed by atoms with van der Waals surface area (Å²) in [6.45, 7) is 9.59. The maximum Gasteiger partial charge on any atom is 0.294 e. The average Bonchev–Trinajstić information content (AvgIpc) is 3.05. The molecule has 0 amide bonds. The first-order chi connectivity index (χ1) is 9.60. The van der Waals surface area contributed by atoms with Gasteiger partial charge in [0, 0.05) is 12.2 Å². The SMILES string of the molecule is CCOc1nnc(CN[C@H](C)[C@@H](C)n2cc(C)cn2)s1. The fourth-order valence-electron chi connectivity index (χ4n) is 1.80. The van der Waals surface area contributed by atoms with E-state index < -0.39 is 0 Å². The van der Waals surface area contributed by atoms with Crippen molar-refractivity contribution in [1.29, 1.82) is 0 Å². The van der Waals surface area contributed by atoms with Gasteiger partial charge in [-0.3, -0.25) is 4.68 Å². The minimum Gasteiger partial charge on any atom is -0.469 e. The highest BCUT2D eigenvalue weighted by atomic mass is 32.1. The van der Waals surface area contributed by atoms with Crippen molar-refractivity contribution in [1.82, 2.24) is 25.3 Å². The monoisotopic (exact) mass is 295 g/mol. The van der Waals surface area contributed by atoms with Gasteiger partial charge in [-0.15, -0.1) is 10.2 Å². The quantitative estimate of drug-likeness (QED) is 0.848. The van der Waals surface area contributed by atoms with Crippen LogP contribution in [0.4, 0.5) is 0 Å². The van der Waals surface area contributed by atoms with E-state index in [-0.39, 0.29) is 12.1 Å². The smallest absolute Gasteiger partial charge is 0.294 e. The number of hydrogen-bond donors (Lipinski definition) is 1. The molecule has 0 aliphatic carbocycles. The maximum atomic E-state index is 5.32.